The topological polar surface area (TPSA) is 0 Å². The summed E-state index contributed by atoms with van der Waals surface area (Å²) in [5, 5.41) is 0. The smallest absolute Gasteiger partial charge is 0.0162 e. The van der Waals surface area contributed by atoms with Crippen LogP contribution in [0.4, 0.5) is 0 Å². The molecule has 0 unspecified atom stereocenters. The second-order valence-electron chi connectivity index (χ2n) is 8.09. The number of benzene rings is 1. The summed E-state index contributed by atoms with van der Waals surface area (Å²) in [4.78, 5) is 0. The molecule has 0 nitrogen and oxygen atoms in total. The Morgan fingerprint density at radius 3 is 1.86 bits per heavy atom. The molecule has 0 amide bonds. The Hall–Kier alpha value is -0.780. The molecule has 22 heavy (non-hydrogen) atoms. The molecule has 0 bridgehead atoms. The monoisotopic (exact) mass is 298 g/mol. The molecule has 0 spiro atoms. The molecular weight excluding hydrogens is 264 g/mol. The van der Waals surface area contributed by atoms with Gasteiger partial charge in [-0.2, -0.15) is 0 Å². The van der Waals surface area contributed by atoms with Crippen molar-refractivity contribution >= 4 is 0 Å². The standard InChI is InChI=1S/C22H34/c1-3-4-18-7-11-20(12-8-18)22-15-13-21(14-16-22)19-9-5-17(2)6-10-19/h5-6,9-10,18,20-22H,3-4,7-8,11-16H2,1-2H3. The van der Waals surface area contributed by atoms with Gasteiger partial charge in [0.15, 0.2) is 0 Å². The largest absolute Gasteiger partial charge is 0.0654 e. The van der Waals surface area contributed by atoms with E-state index in [0.29, 0.717) is 0 Å². The van der Waals surface area contributed by atoms with E-state index in [0.717, 1.165) is 23.7 Å². The van der Waals surface area contributed by atoms with Crippen LogP contribution < -0.4 is 0 Å². The van der Waals surface area contributed by atoms with Crippen LogP contribution in [0, 0.1) is 24.7 Å². The molecule has 0 aromatic heterocycles. The highest BCUT2D eigenvalue weighted by Gasteiger charge is 2.30. The lowest BCUT2D eigenvalue weighted by Crippen LogP contribution is -2.25. The third-order valence-corrected chi connectivity index (χ3v) is 6.58. The lowest BCUT2D eigenvalue weighted by atomic mass is 9.68. The van der Waals surface area contributed by atoms with E-state index in [4.69, 9.17) is 0 Å². The van der Waals surface area contributed by atoms with E-state index in [1.807, 2.05) is 0 Å². The number of hydrogen-bond acceptors (Lipinski definition) is 0. The lowest BCUT2D eigenvalue weighted by Gasteiger charge is -2.38. The second kappa shape index (κ2) is 7.66. The molecule has 2 fully saturated rings. The Balaban J connectivity index is 1.47. The van der Waals surface area contributed by atoms with Gasteiger partial charge in [0.05, 0.1) is 0 Å². The molecule has 1 aromatic carbocycles. The molecule has 2 saturated carbocycles. The minimum atomic E-state index is 0.841. The van der Waals surface area contributed by atoms with Gasteiger partial charge >= 0.3 is 0 Å². The molecule has 0 radical (unpaired) electrons. The van der Waals surface area contributed by atoms with Gasteiger partial charge in [0, 0.05) is 0 Å². The van der Waals surface area contributed by atoms with Crippen LogP contribution in [0.5, 0.6) is 0 Å². The third-order valence-electron chi connectivity index (χ3n) is 6.58. The number of rotatable bonds is 4. The van der Waals surface area contributed by atoms with E-state index in [9.17, 15) is 0 Å². The molecule has 0 atom stereocenters. The average molecular weight is 299 g/mol. The Kier molecular flexibility index (Phi) is 5.61. The Labute approximate surface area is 137 Å². The zero-order chi connectivity index (χ0) is 15.4. The maximum Gasteiger partial charge on any atom is -0.0162 e. The van der Waals surface area contributed by atoms with Gasteiger partial charge in [-0.25, -0.2) is 0 Å². The van der Waals surface area contributed by atoms with E-state index in [1.54, 1.807) is 5.56 Å². The lowest BCUT2D eigenvalue weighted by molar-refractivity contribution is 0.156. The molecule has 3 rings (SSSR count). The summed E-state index contributed by atoms with van der Waals surface area (Å²) in [7, 11) is 0. The summed E-state index contributed by atoms with van der Waals surface area (Å²) < 4.78 is 0. The molecule has 0 heterocycles. The summed E-state index contributed by atoms with van der Waals surface area (Å²) >= 11 is 0. The minimum Gasteiger partial charge on any atom is -0.0654 e. The van der Waals surface area contributed by atoms with Crippen LogP contribution >= 0.6 is 0 Å². The predicted molar refractivity (Wildman–Crippen MR) is 96.2 cm³/mol. The van der Waals surface area contributed by atoms with Gasteiger partial charge in [0.1, 0.15) is 0 Å². The predicted octanol–water partition coefficient (Wildman–Crippen LogP) is 6.88. The minimum absolute atomic E-state index is 0.841. The molecule has 0 saturated heterocycles. The Morgan fingerprint density at radius 2 is 1.32 bits per heavy atom. The van der Waals surface area contributed by atoms with Gasteiger partial charge in [-0.15, -0.1) is 0 Å². The van der Waals surface area contributed by atoms with Gasteiger partial charge in [-0.05, 0) is 74.7 Å². The fourth-order valence-electron chi connectivity index (χ4n) is 5.12. The SMILES string of the molecule is CCCC1CCC(C2CCC(c3ccc(C)cc3)CC2)CC1. The quantitative estimate of drug-likeness (QED) is 0.568. The van der Waals surface area contributed by atoms with Crippen LogP contribution in [-0.2, 0) is 0 Å². The normalized spacial score (nSPS) is 32.8. The zero-order valence-electron chi connectivity index (χ0n) is 14.7. The first-order valence-electron chi connectivity index (χ1n) is 9.82. The van der Waals surface area contributed by atoms with Gasteiger partial charge in [-0.1, -0.05) is 62.4 Å². The van der Waals surface area contributed by atoms with Gasteiger partial charge < -0.3 is 0 Å². The van der Waals surface area contributed by atoms with Crippen LogP contribution in [-0.4, -0.2) is 0 Å². The van der Waals surface area contributed by atoms with Crippen molar-refractivity contribution in [2.24, 2.45) is 17.8 Å². The van der Waals surface area contributed by atoms with E-state index in [1.165, 1.54) is 69.8 Å². The van der Waals surface area contributed by atoms with Crippen molar-refractivity contribution in [2.75, 3.05) is 0 Å². The molecule has 0 N–H and O–H groups in total. The first-order valence-corrected chi connectivity index (χ1v) is 9.82. The summed E-state index contributed by atoms with van der Waals surface area (Å²) in [6, 6.07) is 9.32. The Bertz CT molecular complexity index is 428. The van der Waals surface area contributed by atoms with Crippen LogP contribution in [0.15, 0.2) is 24.3 Å². The highest BCUT2D eigenvalue weighted by Crippen LogP contribution is 2.44. The molecular formula is C22H34. The van der Waals surface area contributed by atoms with Crippen molar-refractivity contribution in [3.05, 3.63) is 35.4 Å². The van der Waals surface area contributed by atoms with Crippen molar-refractivity contribution in [3.63, 3.8) is 0 Å². The summed E-state index contributed by atoms with van der Waals surface area (Å²) in [6.45, 7) is 4.54. The maximum absolute atomic E-state index is 2.37. The molecule has 0 heteroatoms. The molecule has 1 aromatic rings. The van der Waals surface area contributed by atoms with E-state index < -0.39 is 0 Å². The van der Waals surface area contributed by atoms with E-state index in [-0.39, 0.29) is 0 Å². The zero-order valence-corrected chi connectivity index (χ0v) is 14.7. The van der Waals surface area contributed by atoms with Crippen molar-refractivity contribution < 1.29 is 0 Å². The van der Waals surface area contributed by atoms with E-state index >= 15 is 0 Å². The second-order valence-corrected chi connectivity index (χ2v) is 8.09. The highest BCUT2D eigenvalue weighted by atomic mass is 14.4. The Morgan fingerprint density at radius 1 is 0.773 bits per heavy atom. The van der Waals surface area contributed by atoms with Crippen LogP contribution in [0.3, 0.4) is 0 Å². The maximum atomic E-state index is 2.37. The van der Waals surface area contributed by atoms with Gasteiger partial charge in [-0.3, -0.25) is 0 Å². The third kappa shape index (κ3) is 3.94. The van der Waals surface area contributed by atoms with Crippen LogP contribution in [0.25, 0.3) is 0 Å². The van der Waals surface area contributed by atoms with Crippen molar-refractivity contribution in [1.29, 1.82) is 0 Å². The van der Waals surface area contributed by atoms with E-state index in [2.05, 4.69) is 38.1 Å². The fourth-order valence-corrected chi connectivity index (χ4v) is 5.12. The molecule has 122 valence electrons. The number of aryl methyl sites for hydroxylation is 1. The van der Waals surface area contributed by atoms with Crippen LogP contribution in [0.1, 0.15) is 88.2 Å². The first kappa shape index (κ1) is 16.1. The molecule has 2 aliphatic rings. The van der Waals surface area contributed by atoms with Crippen molar-refractivity contribution in [3.8, 4) is 0 Å². The van der Waals surface area contributed by atoms with Gasteiger partial charge in [0.25, 0.3) is 0 Å². The summed E-state index contributed by atoms with van der Waals surface area (Å²) in [5.41, 5.74) is 2.98. The van der Waals surface area contributed by atoms with Crippen molar-refractivity contribution in [1.82, 2.24) is 0 Å². The average Bonchev–Trinajstić information content (AvgIpc) is 2.57. The summed E-state index contributed by atoms with van der Waals surface area (Å²) in [6.07, 6.45) is 14.8. The van der Waals surface area contributed by atoms with Crippen molar-refractivity contribution in [2.45, 2.75) is 84.0 Å². The molecule has 2 aliphatic carbocycles. The fraction of sp³-hybridized carbons (Fsp3) is 0.727. The van der Waals surface area contributed by atoms with Crippen LogP contribution in [0.2, 0.25) is 0 Å². The van der Waals surface area contributed by atoms with Gasteiger partial charge in [0.2, 0.25) is 0 Å². The summed E-state index contributed by atoms with van der Waals surface area (Å²) in [5.74, 6) is 4.01. The molecule has 0 aliphatic heterocycles. The highest BCUT2D eigenvalue weighted by molar-refractivity contribution is 5.24. The number of hydrogen-bond donors (Lipinski definition) is 0. The first-order chi connectivity index (χ1) is 10.8.